The van der Waals surface area contributed by atoms with Crippen LogP contribution in [0.3, 0.4) is 0 Å². The van der Waals surface area contributed by atoms with Crippen molar-refractivity contribution in [2.75, 3.05) is 5.75 Å². The zero-order valence-corrected chi connectivity index (χ0v) is 12.5. The van der Waals surface area contributed by atoms with E-state index in [1.165, 1.54) is 18.1 Å². The summed E-state index contributed by atoms with van der Waals surface area (Å²) < 4.78 is 0. The molecule has 2 aromatic rings. The largest absolute Gasteiger partial charge is 0.368 e. The number of nitrogens with zero attached hydrogens (tertiary/aromatic N) is 3. The summed E-state index contributed by atoms with van der Waals surface area (Å²) in [4.78, 5) is 27.0. The van der Waals surface area contributed by atoms with E-state index in [2.05, 4.69) is 25.3 Å². The van der Waals surface area contributed by atoms with E-state index in [0.717, 1.165) is 10.5 Å². The summed E-state index contributed by atoms with van der Waals surface area (Å²) in [5.74, 6) is 0.0969. The Morgan fingerprint density at radius 3 is 2.90 bits per heavy atom. The molecule has 0 saturated carbocycles. The lowest BCUT2D eigenvalue weighted by molar-refractivity contribution is -0.123. The molecule has 0 aliphatic heterocycles. The van der Waals surface area contributed by atoms with E-state index < -0.39 is 5.54 Å². The molecular formula is C12H18N6OS. The van der Waals surface area contributed by atoms with Gasteiger partial charge in [-0.2, -0.15) is 0 Å². The molecule has 8 heteroatoms. The smallest absolute Gasteiger partial charge is 0.238 e. The van der Waals surface area contributed by atoms with Gasteiger partial charge in [-0.25, -0.2) is 15.0 Å². The molecule has 2 heterocycles. The van der Waals surface area contributed by atoms with Crippen molar-refractivity contribution in [3.8, 4) is 0 Å². The number of primary amides is 1. The molecule has 0 aliphatic carbocycles. The van der Waals surface area contributed by atoms with Crippen molar-refractivity contribution in [3.63, 3.8) is 0 Å². The Bertz CT molecular complexity index is 613. The molecule has 1 atom stereocenters. The Hall–Kier alpha value is -1.67. The SMILES string of the molecule is CC(C)NC(C)(CSc1ncnc2nc[nH]c12)C(N)=O. The highest BCUT2D eigenvalue weighted by Gasteiger charge is 2.32. The Morgan fingerprint density at radius 1 is 1.50 bits per heavy atom. The Labute approximate surface area is 121 Å². The van der Waals surface area contributed by atoms with Crippen molar-refractivity contribution >= 4 is 28.8 Å². The van der Waals surface area contributed by atoms with Gasteiger partial charge in [-0.1, -0.05) is 0 Å². The molecule has 4 N–H and O–H groups in total. The number of amides is 1. The summed E-state index contributed by atoms with van der Waals surface area (Å²) in [5.41, 5.74) is 6.10. The predicted molar refractivity (Wildman–Crippen MR) is 78.3 cm³/mol. The van der Waals surface area contributed by atoms with E-state index in [4.69, 9.17) is 5.73 Å². The Morgan fingerprint density at radius 2 is 2.25 bits per heavy atom. The minimum atomic E-state index is -0.796. The molecule has 0 bridgehead atoms. The molecule has 0 fully saturated rings. The minimum absolute atomic E-state index is 0.158. The lowest BCUT2D eigenvalue weighted by Gasteiger charge is -2.29. The lowest BCUT2D eigenvalue weighted by atomic mass is 10.0. The highest BCUT2D eigenvalue weighted by molar-refractivity contribution is 7.99. The summed E-state index contributed by atoms with van der Waals surface area (Å²) in [7, 11) is 0. The van der Waals surface area contributed by atoms with Crippen molar-refractivity contribution in [1.29, 1.82) is 0 Å². The van der Waals surface area contributed by atoms with Crippen LogP contribution in [-0.4, -0.2) is 43.2 Å². The molecule has 1 unspecified atom stereocenters. The van der Waals surface area contributed by atoms with Crippen LogP contribution in [0.15, 0.2) is 17.7 Å². The van der Waals surface area contributed by atoms with Gasteiger partial charge in [0.1, 0.15) is 22.4 Å². The quantitative estimate of drug-likeness (QED) is 0.534. The van der Waals surface area contributed by atoms with Crippen LogP contribution in [0.2, 0.25) is 0 Å². The molecular weight excluding hydrogens is 276 g/mol. The monoisotopic (exact) mass is 294 g/mol. The highest BCUT2D eigenvalue weighted by Crippen LogP contribution is 2.25. The summed E-state index contributed by atoms with van der Waals surface area (Å²) in [6.45, 7) is 5.75. The van der Waals surface area contributed by atoms with Crippen LogP contribution in [0, 0.1) is 0 Å². The molecule has 0 aromatic carbocycles. The maximum atomic E-state index is 11.7. The van der Waals surface area contributed by atoms with Crippen molar-refractivity contribution < 1.29 is 4.79 Å². The average Bonchev–Trinajstić information content (AvgIpc) is 2.84. The number of thioether (sulfide) groups is 1. The van der Waals surface area contributed by atoms with Crippen molar-refractivity contribution in [1.82, 2.24) is 25.3 Å². The van der Waals surface area contributed by atoms with Crippen LogP contribution >= 0.6 is 11.8 Å². The van der Waals surface area contributed by atoms with Crippen LogP contribution in [0.5, 0.6) is 0 Å². The first kappa shape index (κ1) is 14.7. The van der Waals surface area contributed by atoms with E-state index in [1.807, 2.05) is 13.8 Å². The van der Waals surface area contributed by atoms with Gasteiger partial charge in [-0.05, 0) is 20.8 Å². The van der Waals surface area contributed by atoms with Crippen LogP contribution in [-0.2, 0) is 4.79 Å². The molecule has 0 spiro atoms. The van der Waals surface area contributed by atoms with Gasteiger partial charge in [0.05, 0.1) is 6.33 Å². The highest BCUT2D eigenvalue weighted by atomic mass is 32.2. The number of hydrogen-bond acceptors (Lipinski definition) is 6. The number of aromatic amines is 1. The number of nitrogens with one attached hydrogen (secondary N) is 2. The molecule has 20 heavy (non-hydrogen) atoms. The van der Waals surface area contributed by atoms with Gasteiger partial charge in [0.2, 0.25) is 5.91 Å². The van der Waals surface area contributed by atoms with Crippen molar-refractivity contribution in [3.05, 3.63) is 12.7 Å². The molecule has 0 radical (unpaired) electrons. The van der Waals surface area contributed by atoms with Crippen molar-refractivity contribution in [2.24, 2.45) is 5.73 Å². The van der Waals surface area contributed by atoms with E-state index in [-0.39, 0.29) is 11.9 Å². The normalized spacial score (nSPS) is 14.6. The second-order valence-corrected chi connectivity index (χ2v) is 6.03. The van der Waals surface area contributed by atoms with E-state index >= 15 is 0 Å². The molecule has 1 amide bonds. The van der Waals surface area contributed by atoms with Gasteiger partial charge in [0, 0.05) is 11.8 Å². The second kappa shape index (κ2) is 5.76. The summed E-state index contributed by atoms with van der Waals surface area (Å²) in [5, 5.41) is 3.96. The topological polar surface area (TPSA) is 110 Å². The number of H-pyrrole nitrogens is 1. The van der Waals surface area contributed by atoms with E-state index in [1.54, 1.807) is 13.3 Å². The van der Waals surface area contributed by atoms with Gasteiger partial charge in [-0.3, -0.25) is 4.79 Å². The van der Waals surface area contributed by atoms with Gasteiger partial charge >= 0.3 is 0 Å². The lowest BCUT2D eigenvalue weighted by Crippen LogP contribution is -2.57. The first-order chi connectivity index (χ1) is 9.42. The number of imidazole rings is 1. The van der Waals surface area contributed by atoms with Crippen LogP contribution < -0.4 is 11.1 Å². The molecule has 2 rings (SSSR count). The third kappa shape index (κ3) is 3.07. The number of carbonyl (C=O) groups excluding carboxylic acids is 1. The Kier molecular flexibility index (Phi) is 4.24. The van der Waals surface area contributed by atoms with Gasteiger partial charge in [0.25, 0.3) is 0 Å². The first-order valence-electron chi connectivity index (χ1n) is 6.27. The predicted octanol–water partition coefficient (Wildman–Crippen LogP) is 0.687. The van der Waals surface area contributed by atoms with Crippen LogP contribution in [0.25, 0.3) is 11.2 Å². The molecule has 108 valence electrons. The number of carbonyl (C=O) groups is 1. The fourth-order valence-corrected chi connectivity index (χ4v) is 2.95. The zero-order chi connectivity index (χ0) is 14.8. The number of fused-ring (bicyclic) bond motifs is 1. The maximum Gasteiger partial charge on any atom is 0.238 e. The zero-order valence-electron chi connectivity index (χ0n) is 11.7. The van der Waals surface area contributed by atoms with Crippen LogP contribution in [0.1, 0.15) is 20.8 Å². The molecule has 7 nitrogen and oxygen atoms in total. The van der Waals surface area contributed by atoms with E-state index in [9.17, 15) is 4.79 Å². The fourth-order valence-electron chi connectivity index (χ4n) is 1.89. The first-order valence-corrected chi connectivity index (χ1v) is 7.25. The minimum Gasteiger partial charge on any atom is -0.368 e. The molecule has 0 saturated heterocycles. The second-order valence-electron chi connectivity index (χ2n) is 5.06. The summed E-state index contributed by atoms with van der Waals surface area (Å²) in [6.07, 6.45) is 3.03. The summed E-state index contributed by atoms with van der Waals surface area (Å²) >= 11 is 1.45. The van der Waals surface area contributed by atoms with Crippen molar-refractivity contribution in [2.45, 2.75) is 37.4 Å². The van der Waals surface area contributed by atoms with Gasteiger partial charge < -0.3 is 16.0 Å². The van der Waals surface area contributed by atoms with Crippen LogP contribution in [0.4, 0.5) is 0 Å². The maximum absolute atomic E-state index is 11.7. The third-order valence-corrected chi connectivity index (χ3v) is 4.14. The third-order valence-electron chi connectivity index (χ3n) is 2.84. The number of rotatable bonds is 6. The number of hydrogen-bond donors (Lipinski definition) is 3. The molecule has 2 aromatic heterocycles. The Balaban J connectivity index is 2.17. The van der Waals surface area contributed by atoms with E-state index in [0.29, 0.717) is 11.4 Å². The van der Waals surface area contributed by atoms with Gasteiger partial charge in [-0.15, -0.1) is 11.8 Å². The fraction of sp³-hybridized carbons (Fsp3) is 0.500. The molecule has 0 aliphatic rings. The number of nitrogens with two attached hydrogens (primary N) is 1. The summed E-state index contributed by atoms with van der Waals surface area (Å²) in [6, 6.07) is 0.158. The number of aromatic nitrogens is 4. The van der Waals surface area contributed by atoms with Gasteiger partial charge in [0.15, 0.2) is 5.65 Å². The average molecular weight is 294 g/mol. The standard InChI is InChI=1S/C12H18N6OS/c1-7(2)18-12(3,11(13)19)4-20-10-8-9(15-5-14-8)16-6-17-10/h5-7,18H,4H2,1-3H3,(H2,13,19)(H,14,15,16,17).